The van der Waals surface area contributed by atoms with Crippen molar-refractivity contribution in [3.8, 4) is 5.88 Å². The van der Waals surface area contributed by atoms with E-state index in [1.54, 1.807) is 6.07 Å². The van der Waals surface area contributed by atoms with Crippen LogP contribution >= 0.6 is 0 Å². The van der Waals surface area contributed by atoms with Crippen molar-refractivity contribution in [2.24, 2.45) is 0 Å². The number of aromatic nitrogens is 1. The summed E-state index contributed by atoms with van der Waals surface area (Å²) in [4.78, 5) is 3.88. The maximum Gasteiger partial charge on any atom is 0.422 e. The highest BCUT2D eigenvalue weighted by Crippen LogP contribution is 2.18. The fraction of sp³-hybridized carbons (Fsp3) is 0.667. The van der Waals surface area contributed by atoms with Crippen molar-refractivity contribution in [1.29, 1.82) is 0 Å². The summed E-state index contributed by atoms with van der Waals surface area (Å²) in [6, 6.07) is 3.38. The second kappa shape index (κ2) is 7.78. The Balaban J connectivity index is 1.76. The van der Waals surface area contributed by atoms with Crippen molar-refractivity contribution < 1.29 is 22.6 Å². The number of alkyl halides is 3. The predicted octanol–water partition coefficient (Wildman–Crippen LogP) is 3.07. The highest BCUT2D eigenvalue weighted by atomic mass is 19.4. The second-order valence-corrected chi connectivity index (χ2v) is 5.48. The number of halogens is 3. The molecule has 1 saturated heterocycles. The fourth-order valence-corrected chi connectivity index (χ4v) is 2.33. The van der Waals surface area contributed by atoms with E-state index < -0.39 is 12.8 Å². The van der Waals surface area contributed by atoms with E-state index >= 15 is 0 Å². The number of rotatable bonds is 6. The van der Waals surface area contributed by atoms with Crippen LogP contribution < -0.4 is 10.1 Å². The first-order valence-electron chi connectivity index (χ1n) is 7.43. The number of hydrogen-bond donors (Lipinski definition) is 1. The molecule has 1 aromatic heterocycles. The van der Waals surface area contributed by atoms with Gasteiger partial charge in [0, 0.05) is 31.5 Å². The second-order valence-electron chi connectivity index (χ2n) is 5.48. The number of ether oxygens (including phenoxy) is 2. The topological polar surface area (TPSA) is 43.4 Å². The molecule has 7 heteroatoms. The van der Waals surface area contributed by atoms with Crippen molar-refractivity contribution in [1.82, 2.24) is 10.3 Å². The van der Waals surface area contributed by atoms with Gasteiger partial charge in [0.15, 0.2) is 6.61 Å². The van der Waals surface area contributed by atoms with Crippen LogP contribution in [0, 0.1) is 0 Å². The van der Waals surface area contributed by atoms with Gasteiger partial charge in [0.25, 0.3) is 0 Å². The Hall–Kier alpha value is -1.34. The summed E-state index contributed by atoms with van der Waals surface area (Å²) < 4.78 is 46.4. The Bertz CT molecular complexity index is 445. The van der Waals surface area contributed by atoms with Gasteiger partial charge >= 0.3 is 6.18 Å². The van der Waals surface area contributed by atoms with Gasteiger partial charge in [-0.1, -0.05) is 6.07 Å². The first-order chi connectivity index (χ1) is 10.4. The molecule has 1 aliphatic heterocycles. The van der Waals surface area contributed by atoms with E-state index in [-0.39, 0.29) is 18.0 Å². The van der Waals surface area contributed by atoms with Gasteiger partial charge in [-0.05, 0) is 31.7 Å². The minimum atomic E-state index is -4.35. The fourth-order valence-electron chi connectivity index (χ4n) is 2.33. The molecule has 0 aliphatic carbocycles. The van der Waals surface area contributed by atoms with Crippen LogP contribution in [-0.2, 0) is 11.3 Å². The zero-order valence-electron chi connectivity index (χ0n) is 12.5. The zero-order valence-corrected chi connectivity index (χ0v) is 12.5. The Kier molecular flexibility index (Phi) is 6.02. The standard InChI is InChI=1S/C15H21F3N2O2/c1-11(13-4-2-3-7-21-13)19-8-12-5-6-14(20-9-12)22-10-15(16,17)18/h5-6,9,11,13,19H,2-4,7-8,10H2,1H3. The van der Waals surface area contributed by atoms with Gasteiger partial charge in [0.05, 0.1) is 6.10 Å². The highest BCUT2D eigenvalue weighted by Gasteiger charge is 2.28. The Morgan fingerprint density at radius 3 is 2.82 bits per heavy atom. The van der Waals surface area contributed by atoms with Crippen molar-refractivity contribution >= 4 is 0 Å². The van der Waals surface area contributed by atoms with Crippen LogP contribution in [0.25, 0.3) is 0 Å². The summed E-state index contributed by atoms with van der Waals surface area (Å²) in [5.74, 6) is -0.0234. The quantitative estimate of drug-likeness (QED) is 0.875. The van der Waals surface area contributed by atoms with E-state index in [1.807, 2.05) is 0 Å². The molecule has 0 bridgehead atoms. The van der Waals surface area contributed by atoms with E-state index in [1.165, 1.54) is 18.7 Å². The summed E-state index contributed by atoms with van der Waals surface area (Å²) in [6.45, 7) is 2.15. The van der Waals surface area contributed by atoms with Crippen LogP contribution in [0.1, 0.15) is 31.7 Å². The SMILES string of the molecule is CC(NCc1ccc(OCC(F)(F)F)nc1)C1CCCCO1. The predicted molar refractivity (Wildman–Crippen MR) is 75.7 cm³/mol. The molecule has 2 atom stereocenters. The third-order valence-electron chi connectivity index (χ3n) is 3.58. The van der Waals surface area contributed by atoms with E-state index in [0.717, 1.165) is 25.0 Å². The summed E-state index contributed by atoms with van der Waals surface area (Å²) in [5, 5.41) is 3.36. The number of nitrogens with one attached hydrogen (secondary N) is 1. The van der Waals surface area contributed by atoms with Crippen molar-refractivity contribution in [3.63, 3.8) is 0 Å². The van der Waals surface area contributed by atoms with Gasteiger partial charge < -0.3 is 14.8 Å². The van der Waals surface area contributed by atoms with Crippen LogP contribution in [0.4, 0.5) is 13.2 Å². The summed E-state index contributed by atoms with van der Waals surface area (Å²) >= 11 is 0. The molecule has 0 amide bonds. The lowest BCUT2D eigenvalue weighted by Gasteiger charge is -2.28. The molecule has 0 aromatic carbocycles. The van der Waals surface area contributed by atoms with Crippen LogP contribution in [-0.4, -0.2) is 36.5 Å². The maximum absolute atomic E-state index is 12.0. The minimum Gasteiger partial charge on any atom is -0.468 e. The van der Waals surface area contributed by atoms with Gasteiger partial charge in [-0.3, -0.25) is 0 Å². The number of nitrogens with zero attached hydrogens (tertiary/aromatic N) is 1. The molecule has 1 fully saturated rings. The first-order valence-corrected chi connectivity index (χ1v) is 7.43. The van der Waals surface area contributed by atoms with Crippen LogP contribution in [0.3, 0.4) is 0 Å². The molecule has 22 heavy (non-hydrogen) atoms. The zero-order chi connectivity index (χ0) is 16.0. The molecular formula is C15H21F3N2O2. The molecule has 0 radical (unpaired) electrons. The van der Waals surface area contributed by atoms with E-state index in [0.29, 0.717) is 6.54 Å². The lowest BCUT2D eigenvalue weighted by atomic mass is 10.0. The maximum atomic E-state index is 12.0. The lowest BCUT2D eigenvalue weighted by molar-refractivity contribution is -0.154. The molecule has 1 aliphatic rings. The largest absolute Gasteiger partial charge is 0.468 e. The van der Waals surface area contributed by atoms with Gasteiger partial charge in [0.1, 0.15) is 0 Å². The van der Waals surface area contributed by atoms with E-state index in [4.69, 9.17) is 4.74 Å². The smallest absolute Gasteiger partial charge is 0.422 e. The normalized spacial score (nSPS) is 20.6. The third-order valence-corrected chi connectivity index (χ3v) is 3.58. The van der Waals surface area contributed by atoms with Gasteiger partial charge in [-0.2, -0.15) is 13.2 Å². The van der Waals surface area contributed by atoms with Crippen LogP contribution in [0.15, 0.2) is 18.3 Å². The van der Waals surface area contributed by atoms with Crippen LogP contribution in [0.2, 0.25) is 0 Å². The minimum absolute atomic E-state index is 0.0234. The molecule has 0 spiro atoms. The average molecular weight is 318 g/mol. The van der Waals surface area contributed by atoms with Gasteiger partial charge in [-0.25, -0.2) is 4.98 Å². The Morgan fingerprint density at radius 2 is 2.23 bits per heavy atom. The molecule has 4 nitrogen and oxygen atoms in total. The molecule has 124 valence electrons. The van der Waals surface area contributed by atoms with Gasteiger partial charge in [0.2, 0.25) is 5.88 Å². The molecular weight excluding hydrogens is 297 g/mol. The monoisotopic (exact) mass is 318 g/mol. The molecule has 1 N–H and O–H groups in total. The Labute approximate surface area is 128 Å². The molecule has 1 aromatic rings. The number of hydrogen-bond acceptors (Lipinski definition) is 4. The molecule has 2 rings (SSSR count). The first kappa shape index (κ1) is 17.0. The van der Waals surface area contributed by atoms with E-state index in [9.17, 15) is 13.2 Å². The molecule has 0 saturated carbocycles. The van der Waals surface area contributed by atoms with Gasteiger partial charge in [-0.15, -0.1) is 0 Å². The third kappa shape index (κ3) is 5.81. The van der Waals surface area contributed by atoms with E-state index in [2.05, 4.69) is 22.0 Å². The summed E-state index contributed by atoms with van der Waals surface area (Å²) in [6.07, 6.45) is 0.744. The average Bonchev–Trinajstić information content (AvgIpc) is 2.52. The van der Waals surface area contributed by atoms with Crippen LogP contribution in [0.5, 0.6) is 5.88 Å². The molecule has 2 unspecified atom stereocenters. The number of pyridine rings is 1. The summed E-state index contributed by atoms with van der Waals surface area (Å²) in [5.41, 5.74) is 0.891. The lowest BCUT2D eigenvalue weighted by Crippen LogP contribution is -2.40. The Morgan fingerprint density at radius 1 is 1.41 bits per heavy atom. The van der Waals surface area contributed by atoms with Crippen molar-refractivity contribution in [2.45, 2.75) is 51.1 Å². The van der Waals surface area contributed by atoms with Crippen molar-refractivity contribution in [2.75, 3.05) is 13.2 Å². The van der Waals surface area contributed by atoms with Crippen molar-refractivity contribution in [3.05, 3.63) is 23.9 Å². The summed E-state index contributed by atoms with van der Waals surface area (Å²) in [7, 11) is 0. The highest BCUT2D eigenvalue weighted by molar-refractivity contribution is 5.17. The molecule has 2 heterocycles.